The molecule has 0 radical (unpaired) electrons. The number of aryl methyl sites for hydroxylation is 1. The van der Waals surface area contributed by atoms with Crippen molar-refractivity contribution >= 4 is 38.9 Å². The molecule has 0 amide bonds. The first-order valence-electron chi connectivity index (χ1n) is 28.2. The van der Waals surface area contributed by atoms with Crippen LogP contribution >= 0.6 is 0 Å². The van der Waals surface area contributed by atoms with Crippen molar-refractivity contribution in [3.8, 4) is 72.4 Å². The molecule has 0 N–H and O–H groups in total. The number of hydrogen-bond acceptors (Lipinski definition) is 1. The summed E-state index contributed by atoms with van der Waals surface area (Å²) in [5.41, 5.74) is 32.1. The first kappa shape index (κ1) is 46.3. The Morgan fingerprint density at radius 1 is 0.325 bits per heavy atom. The monoisotopic (exact) mass is 1020 g/mol. The molecular weight excluding hydrogens is 965 g/mol. The summed E-state index contributed by atoms with van der Waals surface area (Å²) in [5, 5.41) is 2.52. The van der Waals surface area contributed by atoms with Crippen LogP contribution < -0.4 is 4.90 Å². The fourth-order valence-electron chi connectivity index (χ4n) is 14.7. The first-order valence-corrected chi connectivity index (χ1v) is 28.2. The molecule has 3 aliphatic carbocycles. The van der Waals surface area contributed by atoms with E-state index in [0.29, 0.717) is 0 Å². The van der Waals surface area contributed by atoms with E-state index in [1.54, 1.807) is 0 Å². The summed E-state index contributed by atoms with van der Waals surface area (Å²) < 4.78 is 2.47. The van der Waals surface area contributed by atoms with Gasteiger partial charge >= 0.3 is 0 Å². The lowest BCUT2D eigenvalue weighted by molar-refractivity contribution is 0.661. The van der Waals surface area contributed by atoms with Gasteiger partial charge in [0.2, 0.25) is 0 Å². The molecule has 0 saturated heterocycles. The highest BCUT2D eigenvalue weighted by atomic mass is 15.1. The summed E-state index contributed by atoms with van der Waals surface area (Å²) in [4.78, 5) is 2.52. The minimum absolute atomic E-state index is 0.107. The average Bonchev–Trinajstić information content (AvgIpc) is 3.48. The summed E-state index contributed by atoms with van der Waals surface area (Å²) in [6, 6.07) is 100. The van der Waals surface area contributed by atoms with Gasteiger partial charge < -0.3 is 9.47 Å². The van der Waals surface area contributed by atoms with Gasteiger partial charge in [-0.15, -0.1) is 0 Å². The fourth-order valence-corrected chi connectivity index (χ4v) is 14.7. The number of aromatic nitrogens is 1. The van der Waals surface area contributed by atoms with E-state index in [1.165, 1.54) is 139 Å². The van der Waals surface area contributed by atoms with E-state index in [2.05, 4.69) is 304 Å². The SMILES string of the molecule is Cc1ccccc1-c1cccc(-c2ccc(N(c3ccc(-c4ccc5c(c4)c4cc6c(cc4n5-c4ccccc4)C(C)(C)c4ccccc4-6)cc3)c3cccc4c3C3(c5ccccc5-c5ccccc53)c3ccccc3-4)cc2)c1C. The van der Waals surface area contributed by atoms with Crippen molar-refractivity contribution in [3.05, 3.63) is 311 Å². The Balaban J connectivity index is 0.878. The van der Waals surface area contributed by atoms with Crippen LogP contribution in [0.3, 0.4) is 0 Å². The minimum atomic E-state index is -0.534. The quantitative estimate of drug-likeness (QED) is 0.154. The van der Waals surface area contributed by atoms with E-state index < -0.39 is 5.41 Å². The maximum absolute atomic E-state index is 2.52. The normalized spacial score (nSPS) is 13.7. The Labute approximate surface area is 468 Å². The second-order valence-corrected chi connectivity index (χ2v) is 22.8. The van der Waals surface area contributed by atoms with Crippen molar-refractivity contribution < 1.29 is 0 Å². The van der Waals surface area contributed by atoms with Gasteiger partial charge in [-0.25, -0.2) is 0 Å². The highest BCUT2D eigenvalue weighted by Gasteiger charge is 2.53. The molecule has 0 bridgehead atoms. The lowest BCUT2D eigenvalue weighted by atomic mass is 9.70. The molecule has 1 spiro atoms. The van der Waals surface area contributed by atoms with E-state index in [-0.39, 0.29) is 5.41 Å². The third kappa shape index (κ3) is 6.48. The van der Waals surface area contributed by atoms with Crippen LogP contribution in [0.1, 0.15) is 58.4 Å². The smallest absolute Gasteiger partial charge is 0.0746 e. The van der Waals surface area contributed by atoms with Gasteiger partial charge in [0.1, 0.15) is 0 Å². The third-order valence-corrected chi connectivity index (χ3v) is 18.4. The molecule has 0 unspecified atom stereocenters. The molecule has 0 atom stereocenters. The molecule has 80 heavy (non-hydrogen) atoms. The summed E-state index contributed by atoms with van der Waals surface area (Å²) in [5.74, 6) is 0. The van der Waals surface area contributed by atoms with E-state index in [0.717, 1.165) is 17.1 Å². The van der Waals surface area contributed by atoms with Gasteiger partial charge in [0.15, 0.2) is 0 Å². The number of fused-ring (bicyclic) bond motifs is 16. The van der Waals surface area contributed by atoms with Crippen LogP contribution in [-0.4, -0.2) is 4.57 Å². The Bertz CT molecular complexity index is 4620. The van der Waals surface area contributed by atoms with Gasteiger partial charge in [0.05, 0.1) is 22.1 Å². The molecule has 1 heterocycles. The Morgan fingerprint density at radius 2 is 0.812 bits per heavy atom. The maximum Gasteiger partial charge on any atom is 0.0746 e. The van der Waals surface area contributed by atoms with Gasteiger partial charge in [-0.1, -0.05) is 214 Å². The van der Waals surface area contributed by atoms with Crippen molar-refractivity contribution in [1.29, 1.82) is 0 Å². The number of rotatable bonds is 7. The summed E-state index contributed by atoms with van der Waals surface area (Å²) >= 11 is 0. The topological polar surface area (TPSA) is 8.17 Å². The fraction of sp³-hybridized carbons (Fsp3) is 0.0769. The van der Waals surface area contributed by atoms with Crippen LogP contribution in [0, 0.1) is 13.8 Å². The second-order valence-electron chi connectivity index (χ2n) is 22.8. The lowest BCUT2D eigenvalue weighted by Gasteiger charge is -2.36. The largest absolute Gasteiger partial charge is 0.310 e. The van der Waals surface area contributed by atoms with Crippen molar-refractivity contribution in [3.63, 3.8) is 0 Å². The van der Waals surface area contributed by atoms with Gasteiger partial charge in [0.25, 0.3) is 0 Å². The molecule has 3 aliphatic rings. The van der Waals surface area contributed by atoms with Crippen LogP contribution in [0.5, 0.6) is 0 Å². The predicted octanol–water partition coefficient (Wildman–Crippen LogP) is 20.5. The Kier molecular flexibility index (Phi) is 10.1. The molecule has 13 aromatic rings. The molecule has 2 heteroatoms. The van der Waals surface area contributed by atoms with Crippen LogP contribution in [-0.2, 0) is 10.8 Å². The molecule has 2 nitrogen and oxygen atoms in total. The Morgan fingerprint density at radius 3 is 1.46 bits per heavy atom. The van der Waals surface area contributed by atoms with Gasteiger partial charge in [0, 0.05) is 38.8 Å². The summed E-state index contributed by atoms with van der Waals surface area (Å²) in [6.07, 6.45) is 0. The molecule has 12 aromatic carbocycles. The zero-order valence-corrected chi connectivity index (χ0v) is 45.3. The maximum atomic E-state index is 2.52. The molecule has 378 valence electrons. The van der Waals surface area contributed by atoms with E-state index in [1.807, 2.05) is 0 Å². The molecule has 0 saturated carbocycles. The Hall–Kier alpha value is -9.76. The lowest BCUT2D eigenvalue weighted by Crippen LogP contribution is -2.28. The second kappa shape index (κ2) is 17.4. The van der Waals surface area contributed by atoms with Crippen LogP contribution in [0.15, 0.2) is 267 Å². The molecule has 1 aromatic heterocycles. The number of anilines is 3. The van der Waals surface area contributed by atoms with Crippen molar-refractivity contribution in [2.75, 3.05) is 4.90 Å². The summed E-state index contributed by atoms with van der Waals surface area (Å²) in [6.45, 7) is 9.22. The van der Waals surface area contributed by atoms with E-state index >= 15 is 0 Å². The number of benzene rings is 12. The molecule has 16 rings (SSSR count). The van der Waals surface area contributed by atoms with Gasteiger partial charge in [-0.05, 0) is 186 Å². The number of nitrogens with zero attached hydrogens (tertiary/aromatic N) is 2. The number of para-hydroxylation sites is 1. The highest BCUT2D eigenvalue weighted by molar-refractivity contribution is 6.13. The third-order valence-electron chi connectivity index (χ3n) is 18.4. The van der Waals surface area contributed by atoms with Crippen LogP contribution in [0.25, 0.3) is 94.3 Å². The highest BCUT2D eigenvalue weighted by Crippen LogP contribution is 2.65. The van der Waals surface area contributed by atoms with E-state index in [4.69, 9.17) is 0 Å². The molecule has 0 fully saturated rings. The average molecular weight is 1020 g/mol. The van der Waals surface area contributed by atoms with Crippen molar-refractivity contribution in [1.82, 2.24) is 4.57 Å². The summed E-state index contributed by atoms with van der Waals surface area (Å²) in [7, 11) is 0. The number of hydrogen-bond donors (Lipinski definition) is 0. The van der Waals surface area contributed by atoms with Crippen LogP contribution in [0.4, 0.5) is 17.1 Å². The van der Waals surface area contributed by atoms with Gasteiger partial charge in [-0.3, -0.25) is 0 Å². The van der Waals surface area contributed by atoms with Gasteiger partial charge in [-0.2, -0.15) is 0 Å². The predicted molar refractivity (Wildman–Crippen MR) is 335 cm³/mol. The van der Waals surface area contributed by atoms with Crippen molar-refractivity contribution in [2.24, 2.45) is 0 Å². The molecular formula is C78H56N2. The van der Waals surface area contributed by atoms with Crippen LogP contribution in [0.2, 0.25) is 0 Å². The standard InChI is InChI=1S/C78H56N2/c1-49-20-8-9-23-57(49)59-29-18-28-58(50(59)2)52-38-43-56(44-39-52)79(74-35-19-30-64-62-26-13-17-34-71(62)78(76(64)74)69-32-15-11-24-60(69)61-25-12-16-33-70(61)78)55-41-36-51(37-42-55)53-40-45-73-66(46-53)67-47-65-63-27-10-14-31-68(63)77(3,4)72(65)48-75(67)80(73)54-21-6-5-7-22-54/h5-48H,1-4H3. The van der Waals surface area contributed by atoms with E-state index in [9.17, 15) is 0 Å². The molecule has 0 aliphatic heterocycles. The zero-order valence-electron chi connectivity index (χ0n) is 45.3. The van der Waals surface area contributed by atoms with Crippen molar-refractivity contribution in [2.45, 2.75) is 38.5 Å². The minimum Gasteiger partial charge on any atom is -0.310 e. The first-order chi connectivity index (χ1) is 39.3. The zero-order chi connectivity index (χ0) is 53.4.